The first-order chi connectivity index (χ1) is 27.1. The number of hydrogen-bond acceptors (Lipinski definition) is 14. The van der Waals surface area contributed by atoms with Gasteiger partial charge in [-0.05, 0) is 61.2 Å². The normalized spacial score (nSPS) is 13.7. The monoisotopic (exact) mass is 866 g/mol. The largest absolute Gasteiger partial charge is 0.478 e. The number of benzene rings is 3. The number of carbonyl (C=O) groups excluding carboxylic acids is 4. The second-order valence-electron chi connectivity index (χ2n) is 12.9. The second-order valence-corrected chi connectivity index (χ2v) is 17.5. The lowest BCUT2D eigenvalue weighted by atomic mass is 9.92. The van der Waals surface area contributed by atoms with Gasteiger partial charge in [-0.15, -0.1) is 5.06 Å². The summed E-state index contributed by atoms with van der Waals surface area (Å²) in [6, 6.07) is 8.23. The molecule has 1 aliphatic heterocycles. The highest BCUT2D eigenvalue weighted by Crippen LogP contribution is 2.44. The lowest BCUT2D eigenvalue weighted by Crippen LogP contribution is -2.31. The summed E-state index contributed by atoms with van der Waals surface area (Å²) < 4.78 is 102. The Morgan fingerprint density at radius 2 is 1.40 bits per heavy atom. The van der Waals surface area contributed by atoms with E-state index in [0.717, 1.165) is 18.2 Å². The van der Waals surface area contributed by atoms with Crippen LogP contribution < -0.4 is 21.5 Å². The lowest BCUT2D eigenvalue weighted by molar-refractivity contribution is -0.197. The van der Waals surface area contributed by atoms with E-state index in [0.29, 0.717) is 24.3 Å². The zero-order chi connectivity index (χ0) is 42.7. The maximum atomic E-state index is 13.6. The first-order valence-electron chi connectivity index (χ1n) is 17.2. The number of anilines is 2. The van der Waals surface area contributed by atoms with E-state index in [4.69, 9.17) is 25.3 Å². The van der Waals surface area contributed by atoms with Crippen molar-refractivity contribution in [3.05, 3.63) is 53.6 Å². The number of nitrogen functional groups attached to an aromatic ring is 2. The van der Waals surface area contributed by atoms with Crippen LogP contribution in [0.4, 0.5) is 11.4 Å². The van der Waals surface area contributed by atoms with Crippen molar-refractivity contribution in [1.82, 2.24) is 15.1 Å². The van der Waals surface area contributed by atoms with E-state index in [1.165, 1.54) is 24.3 Å². The van der Waals surface area contributed by atoms with E-state index >= 15 is 0 Å². The topological polar surface area (TPSA) is 348 Å². The Balaban J connectivity index is 1.49. The van der Waals surface area contributed by atoms with Crippen molar-refractivity contribution in [3.63, 3.8) is 0 Å². The van der Waals surface area contributed by atoms with E-state index in [2.05, 4.69) is 10.0 Å². The van der Waals surface area contributed by atoms with Gasteiger partial charge in [0.05, 0.1) is 33.5 Å². The van der Waals surface area contributed by atoms with Gasteiger partial charge >= 0.3 is 33.2 Å². The summed E-state index contributed by atoms with van der Waals surface area (Å²) in [4.78, 5) is 64.2. The summed E-state index contributed by atoms with van der Waals surface area (Å²) >= 11 is 0. The molecule has 58 heavy (non-hydrogen) atoms. The molecular weight excluding hydrogens is 831 g/mol. The molecule has 3 amide bonds. The van der Waals surface area contributed by atoms with Gasteiger partial charge in [-0.2, -0.15) is 16.8 Å². The molecule has 3 aromatic carbocycles. The number of carbonyl (C=O) groups is 5. The molecule has 0 spiro atoms. The summed E-state index contributed by atoms with van der Waals surface area (Å²) in [5.41, 5.74) is 8.80. The van der Waals surface area contributed by atoms with Gasteiger partial charge < -0.3 is 26.7 Å². The fourth-order valence-corrected chi connectivity index (χ4v) is 8.72. The van der Waals surface area contributed by atoms with Crippen molar-refractivity contribution in [3.8, 4) is 11.1 Å². The predicted octanol–water partition coefficient (Wildman–Crippen LogP) is 2.10. The molecule has 1 saturated heterocycles. The Labute approximate surface area is 329 Å². The number of amides is 3. The first kappa shape index (κ1) is 43.3. The number of rotatable bonds is 17. The molecule has 310 valence electrons. The molecule has 0 radical (unpaired) electrons. The molecule has 5 rings (SSSR count). The van der Waals surface area contributed by atoms with E-state index in [9.17, 15) is 58.9 Å². The molecule has 21 nitrogen and oxygen atoms in total. The maximum absolute atomic E-state index is 13.6. The van der Waals surface area contributed by atoms with Crippen molar-refractivity contribution in [2.75, 3.05) is 30.3 Å². The average molecular weight is 867 g/mol. The van der Waals surface area contributed by atoms with Gasteiger partial charge in [0.25, 0.3) is 37.9 Å². The summed E-state index contributed by atoms with van der Waals surface area (Å²) in [6.07, 6.45) is 0.547. The van der Waals surface area contributed by atoms with Gasteiger partial charge in [0, 0.05) is 43.5 Å². The van der Waals surface area contributed by atoms with E-state index < -0.39 is 110 Å². The highest BCUT2D eigenvalue weighted by molar-refractivity contribution is 7.90. The number of unbranched alkanes of at least 4 members (excludes halogenated alkanes) is 2. The van der Waals surface area contributed by atoms with Gasteiger partial charge in [0.1, 0.15) is 0 Å². The zero-order valence-corrected chi connectivity index (χ0v) is 32.5. The minimum Gasteiger partial charge on any atom is -0.478 e. The van der Waals surface area contributed by atoms with Gasteiger partial charge in [0.2, 0.25) is 9.79 Å². The van der Waals surface area contributed by atoms with Crippen molar-refractivity contribution < 1.29 is 72.7 Å². The third-order valence-corrected chi connectivity index (χ3v) is 12.0. The minimum absolute atomic E-state index is 0.0413. The Morgan fingerprint density at radius 1 is 0.793 bits per heavy atom. The molecule has 4 aromatic rings. The van der Waals surface area contributed by atoms with Crippen molar-refractivity contribution in [2.45, 2.75) is 54.7 Å². The molecule has 1 fully saturated rings. The number of imide groups is 1. The number of carboxylic acid groups (broad SMARTS) is 1. The van der Waals surface area contributed by atoms with E-state index in [1.807, 2.05) is 0 Å². The van der Waals surface area contributed by atoms with Crippen molar-refractivity contribution in [2.24, 2.45) is 0 Å². The van der Waals surface area contributed by atoms with Gasteiger partial charge in [-0.25, -0.2) is 27.1 Å². The average Bonchev–Trinajstić information content (AvgIpc) is 3.44. The standard InChI is InChI=1S/C34H35N5O16S3/c35-23-10-8-20-28(21-9-11-24(36)32(58(51,52)53)30(21)54-29(20)31(23)57(49,50)38-15-4-16-56(46,47)48)19-7-6-18(17-22(19)34(44)45)33(43)37-14-3-1-2-5-27(42)55-39-25(40)12-13-26(39)41/h6-11,17,38H,1-5,12-16,35-36H2,(H3-,37,43,44,45,46,47,48,51,52,53)/p+1. The number of aromatic carboxylic acids is 1. The van der Waals surface area contributed by atoms with Crippen LogP contribution in [0.15, 0.2) is 56.7 Å². The first-order valence-corrected chi connectivity index (χ1v) is 21.7. The number of sulfonamides is 1. The Hall–Kier alpha value is -5.79. The van der Waals surface area contributed by atoms with Crippen LogP contribution >= 0.6 is 0 Å². The molecule has 24 heteroatoms. The molecule has 0 atom stereocenters. The Kier molecular flexibility index (Phi) is 12.7. The fraction of sp³-hybridized carbons (Fsp3) is 0.294. The molecule has 2 heterocycles. The zero-order valence-electron chi connectivity index (χ0n) is 30.1. The quantitative estimate of drug-likeness (QED) is 0.0199. The molecule has 1 aromatic heterocycles. The minimum atomic E-state index is -5.20. The van der Waals surface area contributed by atoms with E-state index in [1.54, 1.807) is 0 Å². The highest BCUT2D eigenvalue weighted by Gasteiger charge is 2.37. The Bertz CT molecular complexity index is 2710. The molecule has 0 aliphatic carbocycles. The molecule has 1 aliphatic rings. The molecule has 0 saturated carbocycles. The van der Waals surface area contributed by atoms with E-state index in [-0.39, 0.29) is 59.7 Å². The summed E-state index contributed by atoms with van der Waals surface area (Å²) in [6.45, 7) is -0.424. The molecule has 0 bridgehead atoms. The fourth-order valence-electron chi connectivity index (χ4n) is 6.13. The molecular formula is C34H36N5O16S3+. The highest BCUT2D eigenvalue weighted by atomic mass is 32.2. The van der Waals surface area contributed by atoms with Crippen LogP contribution in [0.2, 0.25) is 0 Å². The van der Waals surface area contributed by atoms with Crippen LogP contribution in [0.3, 0.4) is 0 Å². The number of hydrogen-bond donors (Lipinski definition) is 7. The van der Waals surface area contributed by atoms with Gasteiger partial charge in [-0.1, -0.05) is 12.5 Å². The van der Waals surface area contributed by atoms with Crippen LogP contribution in [0.5, 0.6) is 0 Å². The van der Waals surface area contributed by atoms with Gasteiger partial charge in [0.15, 0.2) is 0 Å². The summed E-state index contributed by atoms with van der Waals surface area (Å²) in [5, 5.41) is 13.2. The smallest absolute Gasteiger partial charge is 0.384 e. The van der Waals surface area contributed by atoms with Crippen LogP contribution in [-0.2, 0) is 49.5 Å². The van der Waals surface area contributed by atoms with Crippen LogP contribution in [-0.4, -0.2) is 93.0 Å². The Morgan fingerprint density at radius 3 is 1.98 bits per heavy atom. The van der Waals surface area contributed by atoms with Crippen molar-refractivity contribution in [1.29, 1.82) is 0 Å². The number of fused-ring (bicyclic) bond motifs is 2. The number of hydroxylamine groups is 2. The maximum Gasteiger partial charge on any atom is 0.384 e. The van der Waals surface area contributed by atoms with Gasteiger partial charge in [-0.3, -0.25) is 23.5 Å². The number of nitrogens with two attached hydrogens (primary N) is 2. The third-order valence-electron chi connectivity index (χ3n) is 8.75. The molecule has 9 N–H and O–H groups in total. The summed E-state index contributed by atoms with van der Waals surface area (Å²) in [5.74, 6) is -5.04. The predicted molar refractivity (Wildman–Crippen MR) is 203 cm³/mol. The SMILES string of the molecule is Nc1ccc2c(-c3ccc(C(=O)NCCCCCC(=O)ON4C(=O)CCC4=O)cc3C(=O)O)c3ccc(N)c(S(=O)(=O)NCCCS(=O)(=O)O)c3[o+]c2c1S(=O)(=O)O. The molecule has 0 unspecified atom stereocenters. The van der Waals surface area contributed by atoms with Crippen LogP contribution in [0, 0.1) is 0 Å². The summed E-state index contributed by atoms with van der Waals surface area (Å²) in [7, 11) is -14.4. The number of carboxylic acids is 1. The second kappa shape index (κ2) is 17.0. The number of nitrogens with one attached hydrogen (secondary N) is 2. The lowest BCUT2D eigenvalue weighted by Gasteiger charge is -2.14. The third kappa shape index (κ3) is 9.66. The van der Waals surface area contributed by atoms with Crippen molar-refractivity contribution >= 4 is 93.2 Å². The van der Waals surface area contributed by atoms with Crippen LogP contribution in [0.1, 0.15) is 65.7 Å². The number of nitrogens with zero attached hydrogens (tertiary/aromatic N) is 1. The van der Waals surface area contributed by atoms with Crippen LogP contribution in [0.25, 0.3) is 33.1 Å².